The quantitative estimate of drug-likeness (QED) is 0.639. The van der Waals surface area contributed by atoms with Crippen LogP contribution >= 0.6 is 23.7 Å². The molecule has 146 valence electrons. The first-order valence-electron chi connectivity index (χ1n) is 8.28. The molecular weight excluding hydrogens is 380 g/mol. The number of hydrogen-bond acceptors (Lipinski definition) is 7. The van der Waals surface area contributed by atoms with Crippen molar-refractivity contribution in [2.45, 2.75) is 51.3 Å². The molecule has 0 bridgehead atoms. The zero-order valence-corrected chi connectivity index (χ0v) is 16.5. The minimum Gasteiger partial charge on any atom is -0.462 e. The number of amides is 2. The first-order valence-corrected chi connectivity index (χ1v) is 9.23. The maximum absolute atomic E-state index is 12.6. The van der Waals surface area contributed by atoms with Crippen LogP contribution in [0.25, 0.3) is 0 Å². The minimum atomic E-state index is -0.735. The lowest BCUT2D eigenvalue weighted by molar-refractivity contribution is -0.148. The van der Waals surface area contributed by atoms with Crippen LogP contribution in [-0.2, 0) is 25.5 Å². The molecule has 0 saturated carbocycles. The van der Waals surface area contributed by atoms with E-state index in [0.717, 1.165) is 12.1 Å². The van der Waals surface area contributed by atoms with E-state index in [0.29, 0.717) is 19.4 Å². The van der Waals surface area contributed by atoms with E-state index in [-0.39, 0.29) is 36.9 Å². The first-order chi connectivity index (χ1) is 11.9. The van der Waals surface area contributed by atoms with Gasteiger partial charge in [0.2, 0.25) is 11.8 Å². The molecule has 0 radical (unpaired) electrons. The summed E-state index contributed by atoms with van der Waals surface area (Å²) in [4.78, 5) is 42.1. The van der Waals surface area contributed by atoms with Crippen molar-refractivity contribution in [3.63, 3.8) is 0 Å². The van der Waals surface area contributed by atoms with Crippen LogP contribution in [0.1, 0.15) is 32.4 Å². The number of thiazole rings is 1. The number of esters is 1. The fourth-order valence-corrected chi connectivity index (χ4v) is 3.32. The topological polar surface area (TPSA) is 115 Å². The van der Waals surface area contributed by atoms with Crippen molar-refractivity contribution in [2.24, 2.45) is 5.73 Å². The van der Waals surface area contributed by atoms with Gasteiger partial charge in [0.15, 0.2) is 0 Å². The van der Waals surface area contributed by atoms with Crippen molar-refractivity contribution < 1.29 is 19.1 Å². The van der Waals surface area contributed by atoms with Crippen LogP contribution in [0.2, 0.25) is 0 Å². The van der Waals surface area contributed by atoms with Gasteiger partial charge in [0, 0.05) is 18.3 Å². The van der Waals surface area contributed by atoms with Crippen LogP contribution in [-0.4, -0.2) is 58.9 Å². The van der Waals surface area contributed by atoms with E-state index >= 15 is 0 Å². The molecule has 2 atom stereocenters. The Morgan fingerprint density at radius 3 is 2.81 bits per heavy atom. The molecule has 0 aromatic carbocycles. The number of nitrogens with zero attached hydrogens (tertiary/aromatic N) is 2. The number of nitrogens with two attached hydrogens (primary N) is 1. The molecule has 3 N–H and O–H groups in total. The van der Waals surface area contributed by atoms with Gasteiger partial charge >= 0.3 is 5.97 Å². The summed E-state index contributed by atoms with van der Waals surface area (Å²) in [6.07, 6.45) is 1.38. The summed E-state index contributed by atoms with van der Waals surface area (Å²) < 4.78 is 4.97. The number of aromatic nitrogens is 1. The third kappa shape index (κ3) is 6.22. The van der Waals surface area contributed by atoms with Gasteiger partial charge in [0.25, 0.3) is 0 Å². The van der Waals surface area contributed by atoms with E-state index in [9.17, 15) is 14.4 Å². The molecule has 1 aromatic heterocycles. The zero-order valence-electron chi connectivity index (χ0n) is 14.8. The van der Waals surface area contributed by atoms with Crippen LogP contribution in [0.3, 0.4) is 0 Å². The Labute approximate surface area is 162 Å². The molecule has 2 heterocycles. The van der Waals surface area contributed by atoms with Gasteiger partial charge in [-0.1, -0.05) is 0 Å². The molecule has 1 aliphatic heterocycles. The van der Waals surface area contributed by atoms with E-state index in [1.165, 1.54) is 16.2 Å². The molecule has 0 aliphatic carbocycles. The summed E-state index contributed by atoms with van der Waals surface area (Å²) in [5.74, 6) is -1.12. The third-order valence-corrected chi connectivity index (χ3v) is 4.48. The lowest BCUT2D eigenvalue weighted by Gasteiger charge is -2.26. The molecule has 1 aliphatic rings. The van der Waals surface area contributed by atoms with Gasteiger partial charge < -0.3 is 20.7 Å². The van der Waals surface area contributed by atoms with Crippen molar-refractivity contribution in [1.82, 2.24) is 15.2 Å². The van der Waals surface area contributed by atoms with Crippen LogP contribution in [0.15, 0.2) is 10.9 Å². The Morgan fingerprint density at radius 1 is 1.46 bits per heavy atom. The highest BCUT2D eigenvalue weighted by Crippen LogP contribution is 2.19. The van der Waals surface area contributed by atoms with Gasteiger partial charge in [-0.3, -0.25) is 14.4 Å². The van der Waals surface area contributed by atoms with Crippen molar-refractivity contribution in [2.75, 3.05) is 13.1 Å². The summed E-state index contributed by atoms with van der Waals surface area (Å²) in [5, 5.41) is 4.39. The zero-order chi connectivity index (χ0) is 18.4. The monoisotopic (exact) mass is 404 g/mol. The highest BCUT2D eigenvalue weighted by molar-refractivity contribution is 7.07. The Kier molecular flexibility index (Phi) is 8.97. The first kappa shape index (κ1) is 22.3. The fraction of sp³-hybridized carbons (Fsp3) is 0.625. The summed E-state index contributed by atoms with van der Waals surface area (Å²) in [5.41, 5.74) is 8.45. The van der Waals surface area contributed by atoms with E-state index < -0.39 is 18.1 Å². The van der Waals surface area contributed by atoms with E-state index in [4.69, 9.17) is 10.5 Å². The molecule has 0 spiro atoms. The largest absolute Gasteiger partial charge is 0.462 e. The molecule has 2 amide bonds. The number of carbonyl (C=O) groups is 3. The fourth-order valence-electron chi connectivity index (χ4n) is 2.75. The second-order valence-electron chi connectivity index (χ2n) is 6.24. The lowest BCUT2D eigenvalue weighted by Crippen LogP contribution is -2.52. The number of likely N-dealkylation sites (tertiary alicyclic amines) is 1. The number of hydrogen-bond donors (Lipinski definition) is 2. The average molecular weight is 405 g/mol. The summed E-state index contributed by atoms with van der Waals surface area (Å²) >= 11 is 1.44. The van der Waals surface area contributed by atoms with Gasteiger partial charge in [-0.15, -0.1) is 23.7 Å². The summed E-state index contributed by atoms with van der Waals surface area (Å²) in [7, 11) is 0. The second kappa shape index (κ2) is 10.4. The van der Waals surface area contributed by atoms with Crippen molar-refractivity contribution in [3.05, 3.63) is 16.6 Å². The van der Waals surface area contributed by atoms with Gasteiger partial charge in [-0.25, -0.2) is 4.98 Å². The van der Waals surface area contributed by atoms with Crippen molar-refractivity contribution >= 4 is 41.5 Å². The van der Waals surface area contributed by atoms with Crippen LogP contribution < -0.4 is 11.1 Å². The van der Waals surface area contributed by atoms with Gasteiger partial charge in [0.1, 0.15) is 12.6 Å². The average Bonchev–Trinajstić information content (AvgIpc) is 3.22. The maximum atomic E-state index is 12.6. The SMILES string of the molecule is CC(C)OC(=O)CNC(=O)[C@@H]1CCCN1C(=O)[C@@H](N)Cc1cscn1.Cl. The summed E-state index contributed by atoms with van der Waals surface area (Å²) in [6.45, 7) is 3.75. The molecule has 10 heteroatoms. The number of nitrogens with one attached hydrogen (secondary N) is 1. The van der Waals surface area contributed by atoms with Crippen molar-refractivity contribution in [3.8, 4) is 0 Å². The predicted octanol–water partition coefficient (Wildman–Crippen LogP) is 0.494. The normalized spacial score (nSPS) is 17.5. The van der Waals surface area contributed by atoms with E-state index in [1.807, 2.05) is 5.38 Å². The molecule has 1 saturated heterocycles. The standard InChI is InChI=1S/C16H24N4O4S.ClH/c1-10(2)24-14(21)7-18-15(22)13-4-3-5-20(13)16(23)12(17)6-11-8-25-9-19-11;/h8-10,12-13H,3-7,17H2,1-2H3,(H,18,22);1H/t12-,13-;/m0./s1. The highest BCUT2D eigenvalue weighted by atomic mass is 35.5. The van der Waals surface area contributed by atoms with E-state index in [1.54, 1.807) is 19.4 Å². The van der Waals surface area contributed by atoms with Crippen molar-refractivity contribution in [1.29, 1.82) is 0 Å². The number of carbonyl (C=O) groups excluding carboxylic acids is 3. The van der Waals surface area contributed by atoms with Gasteiger partial charge in [-0.2, -0.15) is 0 Å². The molecular formula is C16H25ClN4O4S. The van der Waals surface area contributed by atoms with Crippen LogP contribution in [0, 0.1) is 0 Å². The predicted molar refractivity (Wildman–Crippen MR) is 100 cm³/mol. The van der Waals surface area contributed by atoms with E-state index in [2.05, 4.69) is 10.3 Å². The molecule has 1 fully saturated rings. The molecule has 2 rings (SSSR count). The number of rotatable bonds is 7. The smallest absolute Gasteiger partial charge is 0.325 e. The second-order valence-corrected chi connectivity index (χ2v) is 6.96. The maximum Gasteiger partial charge on any atom is 0.325 e. The summed E-state index contributed by atoms with van der Waals surface area (Å²) in [6, 6.07) is -1.33. The Hall–Kier alpha value is -1.71. The minimum absolute atomic E-state index is 0. The van der Waals surface area contributed by atoms with Crippen LogP contribution in [0.5, 0.6) is 0 Å². The molecule has 1 aromatic rings. The third-order valence-electron chi connectivity index (χ3n) is 3.84. The van der Waals surface area contributed by atoms with Crippen LogP contribution in [0.4, 0.5) is 0 Å². The van der Waals surface area contributed by atoms with Gasteiger partial charge in [-0.05, 0) is 26.7 Å². The number of halogens is 1. The van der Waals surface area contributed by atoms with Gasteiger partial charge in [0.05, 0.1) is 23.4 Å². The molecule has 8 nitrogen and oxygen atoms in total. The Bertz CT molecular complexity index is 611. The lowest BCUT2D eigenvalue weighted by atomic mass is 10.1. The molecule has 26 heavy (non-hydrogen) atoms. The Balaban J connectivity index is 0.00000338. The number of ether oxygens (including phenoxy) is 1. The molecule has 0 unspecified atom stereocenters. The highest BCUT2D eigenvalue weighted by Gasteiger charge is 2.36. The Morgan fingerprint density at radius 2 is 2.19 bits per heavy atom.